The van der Waals surface area contributed by atoms with Crippen LogP contribution in [-0.2, 0) is 9.59 Å². The first-order valence-corrected chi connectivity index (χ1v) is 7.25. The Morgan fingerprint density at radius 2 is 1.95 bits per heavy atom. The number of nitrogens with two attached hydrogens (primary N) is 1. The van der Waals surface area contributed by atoms with Crippen molar-refractivity contribution in [3.05, 3.63) is 29.8 Å². The predicted octanol–water partition coefficient (Wildman–Crippen LogP) is -1.70. The van der Waals surface area contributed by atoms with Gasteiger partial charge >= 0.3 is 0 Å². The summed E-state index contributed by atoms with van der Waals surface area (Å²) < 4.78 is 0. The molecular weight excluding hydrogens is 268 g/mol. The first-order valence-electron chi connectivity index (χ1n) is 7.25. The van der Waals surface area contributed by atoms with Crippen molar-refractivity contribution >= 4 is 17.5 Å². The smallest absolute Gasteiger partial charge is 0.275 e. The van der Waals surface area contributed by atoms with E-state index in [9.17, 15) is 9.59 Å². The Morgan fingerprint density at radius 3 is 2.57 bits per heavy atom. The van der Waals surface area contributed by atoms with Gasteiger partial charge in [0.25, 0.3) is 5.91 Å². The van der Waals surface area contributed by atoms with Gasteiger partial charge in [0.15, 0.2) is 6.54 Å². The number of carbonyl (C=O) groups is 2. The summed E-state index contributed by atoms with van der Waals surface area (Å²) in [4.78, 5) is 25.9. The summed E-state index contributed by atoms with van der Waals surface area (Å²) in [5.74, 6) is -0.629. The molecule has 4 N–H and O–H groups in total. The second-order valence-corrected chi connectivity index (χ2v) is 5.44. The van der Waals surface area contributed by atoms with Gasteiger partial charge in [0.05, 0.1) is 32.7 Å². The van der Waals surface area contributed by atoms with Crippen LogP contribution in [0.4, 0.5) is 5.69 Å². The molecule has 0 saturated carbocycles. The molecule has 2 rings (SSSR count). The summed E-state index contributed by atoms with van der Waals surface area (Å²) in [6.45, 7) is 6.13. The number of nitrogens with zero attached hydrogens (tertiary/aromatic N) is 1. The molecular formula is C15H23N4O2+. The molecule has 114 valence electrons. The molecule has 1 aromatic rings. The number of hydrogen-bond donors (Lipinski definition) is 3. The monoisotopic (exact) mass is 291 g/mol. The van der Waals surface area contributed by atoms with Gasteiger partial charge in [-0.25, -0.2) is 0 Å². The van der Waals surface area contributed by atoms with E-state index in [0.29, 0.717) is 6.54 Å². The molecule has 0 unspecified atom stereocenters. The Balaban J connectivity index is 1.79. The summed E-state index contributed by atoms with van der Waals surface area (Å²) >= 11 is 0. The van der Waals surface area contributed by atoms with Crippen LogP contribution in [0.2, 0.25) is 0 Å². The van der Waals surface area contributed by atoms with Crippen molar-refractivity contribution in [2.45, 2.75) is 6.92 Å². The second kappa shape index (κ2) is 7.08. The van der Waals surface area contributed by atoms with Gasteiger partial charge in [-0.3, -0.25) is 9.59 Å². The average molecular weight is 291 g/mol. The summed E-state index contributed by atoms with van der Waals surface area (Å²) in [6.07, 6.45) is 0. The van der Waals surface area contributed by atoms with E-state index in [1.807, 2.05) is 6.07 Å². The van der Waals surface area contributed by atoms with E-state index in [0.717, 1.165) is 26.2 Å². The molecule has 0 bridgehead atoms. The van der Waals surface area contributed by atoms with Gasteiger partial charge in [0, 0.05) is 5.69 Å². The maximum absolute atomic E-state index is 11.7. The van der Waals surface area contributed by atoms with Gasteiger partial charge in [-0.1, -0.05) is 18.2 Å². The van der Waals surface area contributed by atoms with Crippen molar-refractivity contribution in [3.8, 4) is 0 Å². The first kappa shape index (κ1) is 15.3. The van der Waals surface area contributed by atoms with E-state index in [4.69, 9.17) is 5.73 Å². The highest BCUT2D eigenvalue weighted by Gasteiger charge is 2.22. The van der Waals surface area contributed by atoms with Crippen LogP contribution in [-0.4, -0.2) is 51.1 Å². The van der Waals surface area contributed by atoms with E-state index in [2.05, 4.69) is 35.3 Å². The lowest BCUT2D eigenvalue weighted by atomic mass is 10.1. The van der Waals surface area contributed by atoms with Crippen molar-refractivity contribution < 1.29 is 14.5 Å². The summed E-state index contributed by atoms with van der Waals surface area (Å²) in [5, 5.41) is 2.53. The van der Waals surface area contributed by atoms with Gasteiger partial charge in [-0.05, 0) is 18.6 Å². The Kier molecular flexibility index (Phi) is 5.16. The number of hydrogen-bond acceptors (Lipinski definition) is 3. The van der Waals surface area contributed by atoms with Crippen LogP contribution in [0.1, 0.15) is 5.56 Å². The maximum Gasteiger partial charge on any atom is 0.275 e. The SMILES string of the molecule is Cc1ccccc1N1CC[NH+](CC(=O)NCC(N)=O)CC1. The van der Waals surface area contributed by atoms with E-state index >= 15 is 0 Å². The van der Waals surface area contributed by atoms with Crippen LogP contribution in [0.15, 0.2) is 24.3 Å². The highest BCUT2D eigenvalue weighted by atomic mass is 16.2. The van der Waals surface area contributed by atoms with Gasteiger partial charge in [-0.15, -0.1) is 0 Å². The van der Waals surface area contributed by atoms with Crippen LogP contribution in [0, 0.1) is 6.92 Å². The molecule has 2 amide bonds. The van der Waals surface area contributed by atoms with E-state index < -0.39 is 5.91 Å². The third-order valence-corrected chi connectivity index (χ3v) is 3.80. The average Bonchev–Trinajstić information content (AvgIpc) is 2.47. The van der Waals surface area contributed by atoms with Crippen molar-refractivity contribution in [3.63, 3.8) is 0 Å². The minimum Gasteiger partial charge on any atom is -0.368 e. The highest BCUT2D eigenvalue weighted by molar-refractivity contribution is 5.84. The fraction of sp³-hybridized carbons (Fsp3) is 0.467. The standard InChI is InChI=1S/C15H22N4O2/c1-12-4-2-3-5-13(12)19-8-6-18(7-9-19)11-15(21)17-10-14(16)20/h2-5H,6-11H2,1H3,(H2,16,20)(H,17,21)/p+1. The van der Waals surface area contributed by atoms with Gasteiger partial charge < -0.3 is 20.9 Å². The zero-order chi connectivity index (χ0) is 15.2. The minimum absolute atomic E-state index is 0.0819. The molecule has 0 spiro atoms. The number of anilines is 1. The lowest BCUT2D eigenvalue weighted by Gasteiger charge is -2.34. The molecule has 6 nitrogen and oxygen atoms in total. The van der Waals surface area contributed by atoms with Gasteiger partial charge in [0.2, 0.25) is 5.91 Å². The molecule has 0 aliphatic carbocycles. The van der Waals surface area contributed by atoms with Crippen LogP contribution in [0.5, 0.6) is 0 Å². The van der Waals surface area contributed by atoms with Crippen LogP contribution in [0.25, 0.3) is 0 Å². The molecule has 1 aliphatic heterocycles. The normalized spacial score (nSPS) is 15.8. The summed E-state index contributed by atoms with van der Waals surface area (Å²) in [6, 6.07) is 8.36. The van der Waals surface area contributed by atoms with Gasteiger partial charge in [-0.2, -0.15) is 0 Å². The molecule has 0 radical (unpaired) electrons. The van der Waals surface area contributed by atoms with E-state index in [-0.39, 0.29) is 12.5 Å². The third-order valence-electron chi connectivity index (χ3n) is 3.80. The molecule has 1 saturated heterocycles. The number of benzene rings is 1. The van der Waals surface area contributed by atoms with Crippen LogP contribution in [0.3, 0.4) is 0 Å². The van der Waals surface area contributed by atoms with E-state index in [1.54, 1.807) is 0 Å². The number of primary amides is 1. The molecule has 1 heterocycles. The molecule has 0 atom stereocenters. The van der Waals surface area contributed by atoms with Crippen LogP contribution < -0.4 is 20.9 Å². The number of quaternary nitrogens is 1. The number of para-hydroxylation sites is 1. The summed E-state index contributed by atoms with van der Waals surface area (Å²) in [5.41, 5.74) is 7.55. The Labute approximate surface area is 124 Å². The molecule has 0 aromatic heterocycles. The quantitative estimate of drug-likeness (QED) is 0.605. The second-order valence-electron chi connectivity index (χ2n) is 5.44. The number of amides is 2. The number of piperazine rings is 1. The summed E-state index contributed by atoms with van der Waals surface area (Å²) in [7, 11) is 0. The topological polar surface area (TPSA) is 79.9 Å². The number of carbonyl (C=O) groups excluding carboxylic acids is 2. The molecule has 21 heavy (non-hydrogen) atoms. The Morgan fingerprint density at radius 1 is 1.29 bits per heavy atom. The zero-order valence-electron chi connectivity index (χ0n) is 12.4. The lowest BCUT2D eigenvalue weighted by Crippen LogP contribution is -3.16. The maximum atomic E-state index is 11.7. The Bertz CT molecular complexity index is 510. The Hall–Kier alpha value is -2.08. The minimum atomic E-state index is -0.511. The number of aryl methyl sites for hydroxylation is 1. The molecule has 1 aromatic carbocycles. The van der Waals surface area contributed by atoms with E-state index in [1.165, 1.54) is 16.2 Å². The molecule has 1 aliphatic rings. The van der Waals surface area contributed by atoms with Crippen molar-refractivity contribution in [1.82, 2.24) is 5.32 Å². The predicted molar refractivity (Wildman–Crippen MR) is 81.2 cm³/mol. The van der Waals surface area contributed by atoms with Crippen molar-refractivity contribution in [2.24, 2.45) is 5.73 Å². The van der Waals surface area contributed by atoms with Crippen LogP contribution >= 0.6 is 0 Å². The third kappa shape index (κ3) is 4.46. The molecule has 1 fully saturated rings. The highest BCUT2D eigenvalue weighted by Crippen LogP contribution is 2.18. The van der Waals surface area contributed by atoms with Crippen molar-refractivity contribution in [1.29, 1.82) is 0 Å². The fourth-order valence-corrected chi connectivity index (χ4v) is 2.63. The molecule has 6 heteroatoms. The zero-order valence-corrected chi connectivity index (χ0v) is 12.4. The fourth-order valence-electron chi connectivity index (χ4n) is 2.63. The largest absolute Gasteiger partial charge is 0.368 e. The number of nitrogens with one attached hydrogen (secondary N) is 2. The first-order chi connectivity index (χ1) is 10.1. The van der Waals surface area contributed by atoms with Crippen molar-refractivity contribution in [2.75, 3.05) is 44.2 Å². The lowest BCUT2D eigenvalue weighted by molar-refractivity contribution is -0.892. The van der Waals surface area contributed by atoms with Gasteiger partial charge in [0.1, 0.15) is 0 Å². The number of rotatable bonds is 5.